The molecule has 0 unspecified atom stereocenters. The van der Waals surface area contributed by atoms with Crippen LogP contribution in [0.2, 0.25) is 0 Å². The molecular weight excluding hydrogens is 394 g/mol. The maximum absolute atomic E-state index is 14.3. The minimum Gasteiger partial charge on any atom is -0.481 e. The number of nitrogens with zero attached hydrogens (tertiary/aromatic N) is 3. The van der Waals surface area contributed by atoms with Crippen molar-refractivity contribution >= 4 is 5.91 Å². The zero-order valence-electron chi connectivity index (χ0n) is 16.5. The zero-order chi connectivity index (χ0) is 21.3. The highest BCUT2D eigenvalue weighted by atomic mass is 19.1. The van der Waals surface area contributed by atoms with E-state index in [0.717, 1.165) is 23.7 Å². The Kier molecular flexibility index (Phi) is 5.35. The van der Waals surface area contributed by atoms with Crippen LogP contribution in [0.25, 0.3) is 5.69 Å². The fourth-order valence-electron chi connectivity index (χ4n) is 3.67. The predicted molar refractivity (Wildman–Crippen MR) is 104 cm³/mol. The largest absolute Gasteiger partial charge is 0.481 e. The number of halogens is 2. The van der Waals surface area contributed by atoms with Gasteiger partial charge in [-0.05, 0) is 37.5 Å². The number of pyridine rings is 1. The van der Waals surface area contributed by atoms with Crippen LogP contribution in [0.15, 0.2) is 36.5 Å². The fraction of sp³-hybridized carbons (Fsp3) is 0.286. The molecular formula is C21H20F2N4O3. The highest BCUT2D eigenvalue weighted by molar-refractivity contribution is 5.96. The Balaban J connectivity index is 1.62. The van der Waals surface area contributed by atoms with Gasteiger partial charge in [0, 0.05) is 23.4 Å². The van der Waals surface area contributed by atoms with Crippen molar-refractivity contribution in [1.29, 1.82) is 0 Å². The first kappa shape index (κ1) is 19.8. The van der Waals surface area contributed by atoms with Crippen LogP contribution in [0, 0.1) is 11.6 Å². The van der Waals surface area contributed by atoms with Crippen LogP contribution >= 0.6 is 0 Å². The Morgan fingerprint density at radius 1 is 1.20 bits per heavy atom. The average molecular weight is 414 g/mol. The maximum Gasteiger partial charge on any atom is 0.257 e. The molecule has 2 heterocycles. The number of amides is 1. The molecule has 0 aliphatic heterocycles. The summed E-state index contributed by atoms with van der Waals surface area (Å²) in [5.74, 6) is -1.19. The Hall–Kier alpha value is -3.49. The lowest BCUT2D eigenvalue weighted by Crippen LogP contribution is -2.31. The first-order valence-electron chi connectivity index (χ1n) is 9.44. The normalized spacial score (nSPS) is 15.4. The van der Waals surface area contributed by atoms with Crippen LogP contribution in [0.4, 0.5) is 8.78 Å². The van der Waals surface area contributed by atoms with Gasteiger partial charge in [-0.25, -0.2) is 13.5 Å². The van der Waals surface area contributed by atoms with Crippen molar-refractivity contribution in [3.63, 3.8) is 0 Å². The number of nitrogens with one attached hydrogen (secondary N) is 1. The predicted octanol–water partition coefficient (Wildman–Crippen LogP) is 3.37. The molecule has 1 amide bonds. The first-order chi connectivity index (χ1) is 14.5. The van der Waals surface area contributed by atoms with Gasteiger partial charge in [0.2, 0.25) is 11.8 Å². The van der Waals surface area contributed by atoms with Crippen LogP contribution in [0.5, 0.6) is 11.8 Å². The van der Waals surface area contributed by atoms with Crippen molar-refractivity contribution in [2.45, 2.75) is 25.3 Å². The summed E-state index contributed by atoms with van der Waals surface area (Å²) in [7, 11) is 2.91. The molecule has 7 nitrogen and oxygen atoms in total. The summed E-state index contributed by atoms with van der Waals surface area (Å²) < 4.78 is 39.3. The minimum atomic E-state index is -0.693. The molecule has 156 valence electrons. The van der Waals surface area contributed by atoms with E-state index in [1.54, 1.807) is 18.3 Å². The van der Waals surface area contributed by atoms with E-state index in [-0.39, 0.29) is 29.1 Å². The first-order valence-corrected chi connectivity index (χ1v) is 9.44. The summed E-state index contributed by atoms with van der Waals surface area (Å²) in [6.45, 7) is 0. The van der Waals surface area contributed by atoms with E-state index < -0.39 is 11.6 Å². The summed E-state index contributed by atoms with van der Waals surface area (Å²) in [5.41, 5.74) is 2.05. The van der Waals surface area contributed by atoms with Gasteiger partial charge >= 0.3 is 0 Å². The third-order valence-electron chi connectivity index (χ3n) is 5.11. The van der Waals surface area contributed by atoms with Crippen molar-refractivity contribution in [1.82, 2.24) is 20.1 Å². The van der Waals surface area contributed by atoms with Crippen molar-refractivity contribution in [2.24, 2.45) is 0 Å². The average Bonchev–Trinajstić information content (AvgIpc) is 3.18. The number of benzene rings is 1. The number of methoxy groups -OCH3 is 2. The molecule has 1 atom stereocenters. The van der Waals surface area contributed by atoms with Gasteiger partial charge in [-0.2, -0.15) is 10.1 Å². The second-order valence-electron chi connectivity index (χ2n) is 6.88. The molecule has 0 radical (unpaired) electrons. The number of ether oxygens (including phenoxy) is 2. The van der Waals surface area contributed by atoms with Crippen LogP contribution in [-0.4, -0.2) is 34.9 Å². The lowest BCUT2D eigenvalue weighted by Gasteiger charge is -2.24. The number of rotatable bonds is 5. The smallest absolute Gasteiger partial charge is 0.257 e. The van der Waals surface area contributed by atoms with E-state index >= 15 is 0 Å². The number of aromatic nitrogens is 3. The Bertz CT molecular complexity index is 1100. The molecule has 0 saturated carbocycles. The van der Waals surface area contributed by atoms with E-state index in [2.05, 4.69) is 15.4 Å². The summed E-state index contributed by atoms with van der Waals surface area (Å²) in [4.78, 5) is 17.0. The second kappa shape index (κ2) is 8.10. The van der Waals surface area contributed by atoms with Gasteiger partial charge in [0.15, 0.2) is 5.82 Å². The van der Waals surface area contributed by atoms with Gasteiger partial charge in [-0.1, -0.05) is 0 Å². The van der Waals surface area contributed by atoms with E-state index in [4.69, 9.17) is 9.47 Å². The standard InChI is InChI=1S/C21H20F2N4O3/c1-29-19-9-7-13(21(26-19)30-2)20(28)25-16-4-3-5-17-14(16)11-24-27(17)18-8-6-12(22)10-15(18)23/h6-11,16H,3-5H2,1-2H3,(H,25,28)/t16-/m0/s1. The minimum absolute atomic E-state index is 0.159. The maximum atomic E-state index is 14.3. The molecule has 30 heavy (non-hydrogen) atoms. The lowest BCUT2D eigenvalue weighted by molar-refractivity contribution is 0.0928. The molecule has 0 fully saturated rings. The van der Waals surface area contributed by atoms with Crippen molar-refractivity contribution in [3.8, 4) is 17.4 Å². The molecule has 1 N–H and O–H groups in total. The molecule has 1 aromatic carbocycles. The van der Waals surface area contributed by atoms with Crippen LogP contribution in [-0.2, 0) is 6.42 Å². The molecule has 4 rings (SSSR count). The van der Waals surface area contributed by atoms with Gasteiger partial charge in [0.25, 0.3) is 5.91 Å². The number of hydrogen-bond acceptors (Lipinski definition) is 5. The molecule has 2 aromatic heterocycles. The van der Waals surface area contributed by atoms with Gasteiger partial charge in [-0.3, -0.25) is 4.79 Å². The van der Waals surface area contributed by atoms with Gasteiger partial charge in [-0.15, -0.1) is 0 Å². The topological polar surface area (TPSA) is 78.3 Å². The second-order valence-corrected chi connectivity index (χ2v) is 6.88. The number of hydrogen-bond donors (Lipinski definition) is 1. The molecule has 3 aromatic rings. The number of carbonyl (C=O) groups is 1. The summed E-state index contributed by atoms with van der Waals surface area (Å²) >= 11 is 0. The van der Waals surface area contributed by atoms with Gasteiger partial charge in [0.1, 0.15) is 17.1 Å². The molecule has 0 spiro atoms. The highest BCUT2D eigenvalue weighted by Crippen LogP contribution is 2.32. The lowest BCUT2D eigenvalue weighted by atomic mass is 9.92. The summed E-state index contributed by atoms with van der Waals surface area (Å²) in [6.07, 6.45) is 3.78. The molecule has 0 saturated heterocycles. The Morgan fingerprint density at radius 2 is 2.03 bits per heavy atom. The quantitative estimate of drug-likeness (QED) is 0.693. The molecule has 1 aliphatic carbocycles. The number of carbonyl (C=O) groups excluding carboxylic acids is 1. The van der Waals surface area contributed by atoms with Crippen molar-refractivity contribution in [2.75, 3.05) is 14.2 Å². The third kappa shape index (κ3) is 3.58. The van der Waals surface area contributed by atoms with E-state index in [9.17, 15) is 13.6 Å². The monoisotopic (exact) mass is 414 g/mol. The van der Waals surface area contributed by atoms with Crippen LogP contribution in [0.3, 0.4) is 0 Å². The summed E-state index contributed by atoms with van der Waals surface area (Å²) in [5, 5.41) is 7.28. The van der Waals surface area contributed by atoms with Crippen LogP contribution in [0.1, 0.15) is 40.5 Å². The number of fused-ring (bicyclic) bond motifs is 1. The van der Waals surface area contributed by atoms with E-state index in [1.165, 1.54) is 31.0 Å². The Labute approximate surface area is 171 Å². The fourth-order valence-corrected chi connectivity index (χ4v) is 3.67. The third-order valence-corrected chi connectivity index (χ3v) is 5.11. The summed E-state index contributed by atoms with van der Waals surface area (Å²) in [6, 6.07) is 6.24. The van der Waals surface area contributed by atoms with Crippen molar-refractivity contribution in [3.05, 3.63) is 65.0 Å². The Morgan fingerprint density at radius 3 is 2.77 bits per heavy atom. The zero-order valence-corrected chi connectivity index (χ0v) is 16.5. The van der Waals surface area contributed by atoms with E-state index in [0.29, 0.717) is 18.7 Å². The highest BCUT2D eigenvalue weighted by Gasteiger charge is 2.28. The van der Waals surface area contributed by atoms with Crippen molar-refractivity contribution < 1.29 is 23.0 Å². The molecule has 9 heteroatoms. The van der Waals surface area contributed by atoms with Crippen LogP contribution < -0.4 is 14.8 Å². The molecule has 1 aliphatic rings. The van der Waals surface area contributed by atoms with E-state index in [1.807, 2.05) is 0 Å². The molecule has 0 bridgehead atoms. The SMILES string of the molecule is COc1ccc(C(=O)N[C@H]2CCCc3c2cnn3-c2ccc(F)cc2F)c(OC)n1. The van der Waals surface area contributed by atoms with Gasteiger partial charge in [0.05, 0.1) is 26.5 Å². The van der Waals surface area contributed by atoms with Gasteiger partial charge < -0.3 is 14.8 Å².